The predicted molar refractivity (Wildman–Crippen MR) is 80.1 cm³/mol. The minimum Gasteiger partial charge on any atom is -0.490 e. The normalized spacial score (nSPS) is 22.2. The molecule has 116 valence electrons. The van der Waals surface area contributed by atoms with Gasteiger partial charge in [-0.05, 0) is 32.9 Å². The van der Waals surface area contributed by atoms with Gasteiger partial charge in [0.15, 0.2) is 0 Å². The number of hydrogen-bond donors (Lipinski definition) is 1. The number of rotatable bonds is 1. The van der Waals surface area contributed by atoms with Gasteiger partial charge in [-0.1, -0.05) is 0 Å². The largest absolute Gasteiger partial charge is 0.490 e. The molecule has 1 atom stereocenters. The summed E-state index contributed by atoms with van der Waals surface area (Å²) in [4.78, 5) is 18.8. The van der Waals surface area contributed by atoms with Crippen molar-refractivity contribution >= 4 is 5.91 Å². The minimum absolute atomic E-state index is 0.0127. The van der Waals surface area contributed by atoms with Crippen molar-refractivity contribution in [3.63, 3.8) is 0 Å². The zero-order valence-electron chi connectivity index (χ0n) is 12.7. The number of amides is 1. The van der Waals surface area contributed by atoms with Gasteiger partial charge in [0.1, 0.15) is 24.0 Å². The summed E-state index contributed by atoms with van der Waals surface area (Å²) < 4.78 is 5.78. The Morgan fingerprint density at radius 3 is 2.95 bits per heavy atom. The van der Waals surface area contributed by atoms with Crippen LogP contribution in [0.1, 0.15) is 30.9 Å². The van der Waals surface area contributed by atoms with Gasteiger partial charge >= 0.3 is 0 Å². The average molecular weight is 300 g/mol. The fourth-order valence-corrected chi connectivity index (χ4v) is 3.09. The van der Waals surface area contributed by atoms with Gasteiger partial charge in [0.05, 0.1) is 12.6 Å². The van der Waals surface area contributed by atoms with Crippen LogP contribution in [-0.2, 0) is 11.3 Å². The molecule has 1 amide bonds. The molecule has 0 spiro atoms. The maximum absolute atomic E-state index is 12.8. The van der Waals surface area contributed by atoms with E-state index in [0.717, 1.165) is 31.5 Å². The summed E-state index contributed by atoms with van der Waals surface area (Å²) in [5, 5.41) is 12.5. The van der Waals surface area contributed by atoms with Gasteiger partial charge in [0.2, 0.25) is 5.91 Å². The van der Waals surface area contributed by atoms with Crippen LogP contribution in [0.15, 0.2) is 12.4 Å². The van der Waals surface area contributed by atoms with Crippen LogP contribution in [0, 0.1) is 17.2 Å². The lowest BCUT2D eigenvalue weighted by Crippen LogP contribution is -2.45. The fourth-order valence-electron chi connectivity index (χ4n) is 3.09. The number of pyridine rings is 1. The molecule has 0 radical (unpaired) electrons. The number of carbonyl (C=O) groups excluding carboxylic acids is 1. The first kappa shape index (κ1) is 14.8. The van der Waals surface area contributed by atoms with Crippen molar-refractivity contribution in [1.82, 2.24) is 15.2 Å². The van der Waals surface area contributed by atoms with Crippen molar-refractivity contribution in [2.75, 3.05) is 19.7 Å². The first-order valence-electron chi connectivity index (χ1n) is 7.71. The van der Waals surface area contributed by atoms with Crippen molar-refractivity contribution in [3.8, 4) is 11.8 Å². The first-order valence-corrected chi connectivity index (χ1v) is 7.71. The summed E-state index contributed by atoms with van der Waals surface area (Å²) in [6, 6.07) is 2.09. The molecule has 2 aliphatic heterocycles. The summed E-state index contributed by atoms with van der Waals surface area (Å²) in [5.41, 5.74) is 1.24. The molecule has 0 aromatic carbocycles. The van der Waals surface area contributed by atoms with Crippen LogP contribution in [0.25, 0.3) is 0 Å². The van der Waals surface area contributed by atoms with Crippen LogP contribution in [0.4, 0.5) is 0 Å². The number of nitrogens with one attached hydrogen (secondary N) is 1. The van der Waals surface area contributed by atoms with Gasteiger partial charge < -0.3 is 15.0 Å². The lowest BCUT2D eigenvalue weighted by Gasteiger charge is -2.32. The van der Waals surface area contributed by atoms with Crippen molar-refractivity contribution in [2.45, 2.75) is 32.4 Å². The second kappa shape index (κ2) is 6.32. The highest BCUT2D eigenvalue weighted by atomic mass is 16.5. The van der Waals surface area contributed by atoms with E-state index in [9.17, 15) is 10.1 Å². The van der Waals surface area contributed by atoms with Gasteiger partial charge in [-0.3, -0.25) is 9.78 Å². The quantitative estimate of drug-likeness (QED) is 0.839. The van der Waals surface area contributed by atoms with Gasteiger partial charge in [-0.25, -0.2) is 0 Å². The number of ether oxygens (including phenoxy) is 1. The number of fused-ring (bicyclic) bond motifs is 1. The van der Waals surface area contributed by atoms with Crippen molar-refractivity contribution in [2.24, 2.45) is 5.92 Å². The molecule has 1 aromatic rings. The van der Waals surface area contributed by atoms with Crippen molar-refractivity contribution < 1.29 is 9.53 Å². The second-order valence-corrected chi connectivity index (χ2v) is 5.94. The van der Waals surface area contributed by atoms with Crippen LogP contribution in [0.2, 0.25) is 0 Å². The van der Waals surface area contributed by atoms with Crippen molar-refractivity contribution in [1.29, 1.82) is 5.26 Å². The Bertz CT molecular complexity index is 605. The van der Waals surface area contributed by atoms with E-state index in [1.807, 2.05) is 11.8 Å². The molecular formula is C16H20N4O2. The Balaban J connectivity index is 1.85. The standard InChI is InChI=1S/C16H20N4O2/c1-11-10-22-15-13(6-17)7-19-8-14(15)9-20(11)16(21)12-2-4-18-5-3-12/h7-8,11-12,18H,2-5,9-10H2,1H3/t11-/m1/s1. The Morgan fingerprint density at radius 2 is 2.23 bits per heavy atom. The van der Waals surface area contributed by atoms with Crippen LogP contribution in [0.5, 0.6) is 5.75 Å². The zero-order chi connectivity index (χ0) is 15.5. The summed E-state index contributed by atoms with van der Waals surface area (Å²) in [6.45, 7) is 4.65. The Kier molecular flexibility index (Phi) is 4.25. The molecule has 3 rings (SSSR count). The molecule has 6 heteroatoms. The van der Waals surface area contributed by atoms with E-state index < -0.39 is 0 Å². The predicted octanol–water partition coefficient (Wildman–Crippen LogP) is 1.06. The number of hydrogen-bond acceptors (Lipinski definition) is 5. The van der Waals surface area contributed by atoms with Crippen molar-refractivity contribution in [3.05, 3.63) is 23.5 Å². The summed E-state index contributed by atoms with van der Waals surface area (Å²) in [7, 11) is 0. The van der Waals surface area contributed by atoms with E-state index in [4.69, 9.17) is 4.74 Å². The Hall–Kier alpha value is -2.13. The van der Waals surface area contributed by atoms with Gasteiger partial charge in [0, 0.05) is 23.9 Å². The monoisotopic (exact) mass is 300 g/mol. The molecule has 1 saturated heterocycles. The van der Waals surface area contributed by atoms with E-state index in [1.165, 1.54) is 6.20 Å². The number of nitrogens with zero attached hydrogens (tertiary/aromatic N) is 3. The molecule has 6 nitrogen and oxygen atoms in total. The maximum Gasteiger partial charge on any atom is 0.226 e. The smallest absolute Gasteiger partial charge is 0.226 e. The topological polar surface area (TPSA) is 78.2 Å². The molecule has 0 unspecified atom stereocenters. The molecule has 0 saturated carbocycles. The molecular weight excluding hydrogens is 280 g/mol. The molecule has 1 aromatic heterocycles. The molecule has 0 aliphatic carbocycles. The second-order valence-electron chi connectivity index (χ2n) is 5.94. The molecule has 1 fully saturated rings. The molecule has 1 N–H and O–H groups in total. The highest BCUT2D eigenvalue weighted by molar-refractivity contribution is 5.79. The molecule has 0 bridgehead atoms. The van der Waals surface area contributed by atoms with Crippen LogP contribution in [0.3, 0.4) is 0 Å². The number of carbonyl (C=O) groups is 1. The van der Waals surface area contributed by atoms with Crippen LogP contribution in [-0.4, -0.2) is 41.5 Å². The molecule has 22 heavy (non-hydrogen) atoms. The van der Waals surface area contributed by atoms with E-state index >= 15 is 0 Å². The van der Waals surface area contributed by atoms with Gasteiger partial charge in [-0.15, -0.1) is 0 Å². The van der Waals surface area contributed by atoms with E-state index in [1.54, 1.807) is 6.20 Å². The Labute approximate surface area is 130 Å². The third-order valence-corrected chi connectivity index (χ3v) is 4.40. The zero-order valence-corrected chi connectivity index (χ0v) is 12.7. The lowest BCUT2D eigenvalue weighted by molar-refractivity contribution is -0.139. The summed E-state index contributed by atoms with van der Waals surface area (Å²) >= 11 is 0. The van der Waals surface area contributed by atoms with Gasteiger partial charge in [0.25, 0.3) is 0 Å². The third-order valence-electron chi connectivity index (χ3n) is 4.40. The van der Waals surface area contributed by atoms with Crippen LogP contribution < -0.4 is 10.1 Å². The lowest BCUT2D eigenvalue weighted by atomic mass is 9.95. The fraction of sp³-hybridized carbons (Fsp3) is 0.562. The maximum atomic E-state index is 12.8. The highest BCUT2D eigenvalue weighted by Gasteiger charge is 2.32. The van der Waals surface area contributed by atoms with Crippen LogP contribution >= 0.6 is 0 Å². The SMILES string of the molecule is C[C@@H]1COc2c(C#N)cncc2CN1C(=O)C1CCNCC1. The Morgan fingerprint density at radius 1 is 1.45 bits per heavy atom. The first-order chi connectivity index (χ1) is 10.7. The summed E-state index contributed by atoms with van der Waals surface area (Å²) in [5.74, 6) is 0.843. The molecule has 2 aliphatic rings. The van der Waals surface area contributed by atoms with E-state index in [0.29, 0.717) is 24.5 Å². The summed E-state index contributed by atoms with van der Waals surface area (Å²) in [6.07, 6.45) is 4.96. The van der Waals surface area contributed by atoms with Gasteiger partial charge in [-0.2, -0.15) is 5.26 Å². The number of aromatic nitrogens is 1. The number of piperidine rings is 1. The number of nitriles is 1. The molecule has 3 heterocycles. The van der Waals surface area contributed by atoms with E-state index in [-0.39, 0.29) is 17.9 Å². The third kappa shape index (κ3) is 2.77. The minimum atomic E-state index is -0.0127. The highest BCUT2D eigenvalue weighted by Crippen LogP contribution is 2.29. The average Bonchev–Trinajstić information content (AvgIpc) is 2.74. The van der Waals surface area contributed by atoms with E-state index in [2.05, 4.69) is 16.4 Å².